The quantitative estimate of drug-likeness (QED) is 0.879. The molecule has 114 valence electrons. The number of hydrogen-bond acceptors (Lipinski definition) is 4. The summed E-state index contributed by atoms with van der Waals surface area (Å²) >= 11 is 0. The molecule has 0 unspecified atom stereocenters. The molecule has 6 heteroatoms. The number of aryl methyl sites for hydroxylation is 2. The van der Waals surface area contributed by atoms with Crippen molar-refractivity contribution in [1.82, 2.24) is 4.98 Å². The molecule has 1 fully saturated rings. The predicted octanol–water partition coefficient (Wildman–Crippen LogP) is 1.49. The topological polar surface area (TPSA) is 96.5 Å². The highest BCUT2D eigenvalue weighted by molar-refractivity contribution is 5.99. The molecular weight excluding hydrogens is 270 g/mol. The monoisotopic (exact) mass is 291 g/mol. The Morgan fingerprint density at radius 1 is 1.33 bits per heavy atom. The van der Waals surface area contributed by atoms with E-state index in [4.69, 9.17) is 5.73 Å². The average Bonchev–Trinajstić information content (AvgIpc) is 2.37. The SMILES string of the molecule is Cc1cc(N2CCC(C)(C(=O)O)CC2)c(C(N)=O)c(C)n1. The van der Waals surface area contributed by atoms with Crippen molar-refractivity contribution in [2.24, 2.45) is 11.1 Å². The molecule has 0 spiro atoms. The smallest absolute Gasteiger partial charge is 0.309 e. The van der Waals surface area contributed by atoms with E-state index in [2.05, 4.69) is 4.98 Å². The number of nitrogens with two attached hydrogens (primary N) is 1. The van der Waals surface area contributed by atoms with Crippen LogP contribution in [0.1, 0.15) is 41.5 Å². The number of aromatic nitrogens is 1. The van der Waals surface area contributed by atoms with E-state index >= 15 is 0 Å². The number of pyridine rings is 1. The molecule has 1 aromatic heterocycles. The first-order valence-corrected chi connectivity index (χ1v) is 7.01. The van der Waals surface area contributed by atoms with E-state index < -0.39 is 17.3 Å². The summed E-state index contributed by atoms with van der Waals surface area (Å²) < 4.78 is 0. The highest BCUT2D eigenvalue weighted by Crippen LogP contribution is 2.34. The maximum absolute atomic E-state index is 11.7. The van der Waals surface area contributed by atoms with Crippen LogP contribution >= 0.6 is 0 Å². The van der Waals surface area contributed by atoms with Gasteiger partial charge in [-0.05, 0) is 39.7 Å². The molecule has 3 N–H and O–H groups in total. The van der Waals surface area contributed by atoms with Gasteiger partial charge in [0.15, 0.2) is 0 Å². The molecule has 0 atom stereocenters. The highest BCUT2D eigenvalue weighted by atomic mass is 16.4. The summed E-state index contributed by atoms with van der Waals surface area (Å²) in [5.41, 5.74) is 7.41. The Bertz CT molecular complexity index is 590. The van der Waals surface area contributed by atoms with Crippen molar-refractivity contribution < 1.29 is 14.7 Å². The predicted molar refractivity (Wildman–Crippen MR) is 79.4 cm³/mol. The third-order valence-electron chi connectivity index (χ3n) is 4.28. The molecule has 2 rings (SSSR count). The number of carbonyl (C=O) groups is 2. The summed E-state index contributed by atoms with van der Waals surface area (Å²) in [4.78, 5) is 29.3. The van der Waals surface area contributed by atoms with Gasteiger partial charge in [-0.25, -0.2) is 0 Å². The molecule has 0 aliphatic carbocycles. The summed E-state index contributed by atoms with van der Waals surface area (Å²) in [6.07, 6.45) is 1.09. The molecule has 0 aromatic carbocycles. The fourth-order valence-corrected chi connectivity index (χ4v) is 2.82. The zero-order valence-electron chi connectivity index (χ0n) is 12.6. The van der Waals surface area contributed by atoms with Crippen LogP contribution in [-0.4, -0.2) is 35.1 Å². The number of hydrogen-bond donors (Lipinski definition) is 2. The van der Waals surface area contributed by atoms with Crippen molar-refractivity contribution in [2.45, 2.75) is 33.6 Å². The Labute approximate surface area is 124 Å². The van der Waals surface area contributed by atoms with Gasteiger partial charge in [-0.1, -0.05) is 0 Å². The van der Waals surface area contributed by atoms with Crippen LogP contribution in [-0.2, 0) is 4.79 Å². The standard InChI is InChI=1S/C15H21N3O3/c1-9-8-11(12(13(16)19)10(2)17-9)18-6-4-15(3,5-7-18)14(20)21/h8H,4-7H2,1-3H3,(H2,16,19)(H,20,21). The number of carboxylic acid groups (broad SMARTS) is 1. The van der Waals surface area contributed by atoms with Crippen molar-refractivity contribution in [3.8, 4) is 0 Å². The summed E-state index contributed by atoms with van der Waals surface area (Å²) in [5, 5.41) is 9.28. The molecular formula is C15H21N3O3. The third-order valence-corrected chi connectivity index (χ3v) is 4.28. The minimum Gasteiger partial charge on any atom is -0.481 e. The van der Waals surface area contributed by atoms with Crippen LogP contribution in [0.15, 0.2) is 6.07 Å². The molecule has 1 amide bonds. The largest absolute Gasteiger partial charge is 0.481 e. The second kappa shape index (κ2) is 5.35. The molecule has 2 heterocycles. The number of carbonyl (C=O) groups excluding carboxylic acids is 1. The van der Waals surface area contributed by atoms with E-state index in [0.29, 0.717) is 37.2 Å². The summed E-state index contributed by atoms with van der Waals surface area (Å²) in [6.45, 7) is 6.58. The molecule has 6 nitrogen and oxygen atoms in total. The van der Waals surface area contributed by atoms with E-state index in [1.54, 1.807) is 13.8 Å². The fourth-order valence-electron chi connectivity index (χ4n) is 2.82. The maximum Gasteiger partial charge on any atom is 0.309 e. The second-order valence-corrected chi connectivity index (χ2v) is 5.96. The van der Waals surface area contributed by atoms with Crippen LogP contribution in [0.4, 0.5) is 5.69 Å². The van der Waals surface area contributed by atoms with Gasteiger partial charge in [0.05, 0.1) is 22.4 Å². The van der Waals surface area contributed by atoms with Gasteiger partial charge in [-0.3, -0.25) is 14.6 Å². The van der Waals surface area contributed by atoms with Crippen molar-refractivity contribution in [1.29, 1.82) is 0 Å². The van der Waals surface area contributed by atoms with Crippen LogP contribution in [0.2, 0.25) is 0 Å². The zero-order valence-corrected chi connectivity index (χ0v) is 12.6. The third kappa shape index (κ3) is 2.84. The number of piperidine rings is 1. The van der Waals surface area contributed by atoms with Crippen molar-refractivity contribution in [2.75, 3.05) is 18.0 Å². The Morgan fingerprint density at radius 3 is 2.38 bits per heavy atom. The summed E-state index contributed by atoms with van der Waals surface area (Å²) in [5.74, 6) is -1.26. The first kappa shape index (κ1) is 15.3. The van der Waals surface area contributed by atoms with E-state index in [1.165, 1.54) is 0 Å². The number of amides is 1. The van der Waals surface area contributed by atoms with Crippen molar-refractivity contribution in [3.05, 3.63) is 23.0 Å². The van der Waals surface area contributed by atoms with E-state index in [1.807, 2.05) is 17.9 Å². The molecule has 1 aliphatic heterocycles. The van der Waals surface area contributed by atoms with Gasteiger partial charge in [0.2, 0.25) is 0 Å². The van der Waals surface area contributed by atoms with Gasteiger partial charge in [0.1, 0.15) is 0 Å². The van der Waals surface area contributed by atoms with Crippen LogP contribution < -0.4 is 10.6 Å². The van der Waals surface area contributed by atoms with E-state index in [-0.39, 0.29) is 0 Å². The maximum atomic E-state index is 11.7. The molecule has 21 heavy (non-hydrogen) atoms. The van der Waals surface area contributed by atoms with Gasteiger partial charge < -0.3 is 15.7 Å². The lowest BCUT2D eigenvalue weighted by atomic mass is 9.80. The minimum absolute atomic E-state index is 0.430. The van der Waals surface area contributed by atoms with Gasteiger partial charge in [-0.2, -0.15) is 0 Å². The van der Waals surface area contributed by atoms with Crippen LogP contribution in [0, 0.1) is 19.3 Å². The molecule has 0 saturated carbocycles. The molecule has 1 aromatic rings. The second-order valence-electron chi connectivity index (χ2n) is 5.96. The molecule has 0 bridgehead atoms. The Morgan fingerprint density at radius 2 is 1.90 bits per heavy atom. The number of rotatable bonds is 3. The molecule has 1 aliphatic rings. The summed E-state index contributed by atoms with van der Waals surface area (Å²) in [7, 11) is 0. The van der Waals surface area contributed by atoms with Crippen LogP contribution in [0.3, 0.4) is 0 Å². The lowest BCUT2D eigenvalue weighted by Crippen LogP contribution is -2.43. The van der Waals surface area contributed by atoms with Crippen LogP contribution in [0.25, 0.3) is 0 Å². The number of primary amides is 1. The zero-order chi connectivity index (χ0) is 15.8. The number of aliphatic carboxylic acids is 1. The van der Waals surface area contributed by atoms with E-state index in [9.17, 15) is 14.7 Å². The van der Waals surface area contributed by atoms with Crippen molar-refractivity contribution >= 4 is 17.6 Å². The number of anilines is 1. The lowest BCUT2D eigenvalue weighted by molar-refractivity contribution is -0.149. The van der Waals surface area contributed by atoms with Crippen molar-refractivity contribution in [3.63, 3.8) is 0 Å². The Hall–Kier alpha value is -2.11. The van der Waals surface area contributed by atoms with Gasteiger partial charge in [0.25, 0.3) is 5.91 Å². The normalized spacial score (nSPS) is 17.6. The van der Waals surface area contributed by atoms with E-state index in [0.717, 1.165) is 11.4 Å². The molecule has 0 radical (unpaired) electrons. The molecule has 1 saturated heterocycles. The minimum atomic E-state index is -0.764. The average molecular weight is 291 g/mol. The first-order chi connectivity index (χ1) is 9.74. The van der Waals surface area contributed by atoms with Gasteiger partial charge >= 0.3 is 5.97 Å². The van der Waals surface area contributed by atoms with Gasteiger partial charge in [-0.15, -0.1) is 0 Å². The Kier molecular flexibility index (Phi) is 3.89. The summed E-state index contributed by atoms with van der Waals surface area (Å²) in [6, 6.07) is 1.84. The fraction of sp³-hybridized carbons (Fsp3) is 0.533. The highest BCUT2D eigenvalue weighted by Gasteiger charge is 2.37. The Balaban J connectivity index is 2.32. The number of carboxylic acids is 1. The number of nitrogens with zero attached hydrogens (tertiary/aromatic N) is 2. The van der Waals surface area contributed by atoms with Crippen LogP contribution in [0.5, 0.6) is 0 Å². The van der Waals surface area contributed by atoms with Gasteiger partial charge in [0, 0.05) is 18.8 Å². The first-order valence-electron chi connectivity index (χ1n) is 7.01. The lowest BCUT2D eigenvalue weighted by Gasteiger charge is -2.38.